The van der Waals surface area contributed by atoms with Crippen LogP contribution in [0.2, 0.25) is 0 Å². The van der Waals surface area contributed by atoms with Gasteiger partial charge in [0.15, 0.2) is 17.5 Å². The Bertz CT molecular complexity index is 3670. The van der Waals surface area contributed by atoms with E-state index in [0.29, 0.717) is 25.7 Å². The van der Waals surface area contributed by atoms with Gasteiger partial charge in [-0.15, -0.1) is 38.7 Å². The first-order valence-corrected chi connectivity index (χ1v) is 20.3. The predicted molar refractivity (Wildman–Crippen MR) is 283 cm³/mol. The van der Waals surface area contributed by atoms with E-state index in [4.69, 9.17) is 129 Å². The van der Waals surface area contributed by atoms with Gasteiger partial charge in [-0.2, -0.15) is 0 Å². The van der Waals surface area contributed by atoms with Crippen LogP contribution in [0.1, 0.15) is 0 Å². The highest BCUT2D eigenvalue weighted by Gasteiger charge is 2.27. The number of hydrogen-bond donors (Lipinski definition) is 0. The van der Waals surface area contributed by atoms with Gasteiger partial charge in [0.1, 0.15) is 121 Å². The zero-order valence-electron chi connectivity index (χ0n) is 33.7. The fourth-order valence-corrected chi connectivity index (χ4v) is 9.66. The van der Waals surface area contributed by atoms with Crippen LogP contribution in [0.3, 0.4) is 0 Å². The minimum atomic E-state index is -0.0132. The van der Waals surface area contributed by atoms with Crippen LogP contribution in [0.4, 0.5) is 0 Å². The van der Waals surface area contributed by atoms with Gasteiger partial charge in [-0.05, 0) is 39.1 Å². The summed E-state index contributed by atoms with van der Waals surface area (Å²) >= 11 is 1.22. The number of fused-ring (bicyclic) bond motifs is 6. The fourth-order valence-electron chi connectivity index (χ4n) is 8.31. The van der Waals surface area contributed by atoms with Crippen LogP contribution in [0.25, 0.3) is 98.5 Å². The van der Waals surface area contributed by atoms with Crippen LogP contribution < -0.4 is 76.5 Å². The number of aromatic nitrogens is 3. The van der Waals surface area contributed by atoms with Gasteiger partial charge in [0, 0.05) is 36.9 Å². The zero-order valence-corrected chi connectivity index (χ0v) is 34.6. The van der Waals surface area contributed by atoms with E-state index in [1.807, 2.05) is 54.6 Å². The second kappa shape index (κ2) is 15.6. The number of furan rings is 1. The maximum absolute atomic E-state index is 7.07. The number of benzene rings is 7. The van der Waals surface area contributed by atoms with Crippen molar-refractivity contribution in [1.29, 1.82) is 0 Å². The number of nitrogens with zero attached hydrogens (tertiary/aromatic N) is 3. The van der Waals surface area contributed by atoms with Crippen molar-refractivity contribution in [3.8, 4) is 56.4 Å². The van der Waals surface area contributed by atoms with E-state index in [0.717, 1.165) is 22.3 Å². The fraction of sp³-hybridized carbons (Fsp3) is 0. The van der Waals surface area contributed by atoms with Gasteiger partial charge in [0.25, 0.3) is 0 Å². The third-order valence-corrected chi connectivity index (χ3v) is 13.0. The van der Waals surface area contributed by atoms with Crippen molar-refractivity contribution in [3.63, 3.8) is 0 Å². The van der Waals surface area contributed by atoms with Gasteiger partial charge >= 0.3 is 0 Å². The SMILES string of the molecule is [B]c1c([B])c([B])c2c(oc3c([B])c([B])c(-c4nc(-c5cccc(-c6ccc(-c7ccccc7)cc6)c5)nc(-c5c([B])c([B])c([B])c6c5sc5c([B])c([B])c([B])c([B])c56)n4)c([B])c32)c1[B]. The van der Waals surface area contributed by atoms with E-state index in [1.54, 1.807) is 0 Å². The van der Waals surface area contributed by atoms with Gasteiger partial charge in [-0.3, -0.25) is 0 Å². The summed E-state index contributed by atoms with van der Waals surface area (Å²) in [7, 11) is 92.2. The molecular weight excluding hydrogens is 782 g/mol. The smallest absolute Gasteiger partial charge is 0.164 e. The maximum atomic E-state index is 7.07. The molecule has 19 heteroatoms. The van der Waals surface area contributed by atoms with Gasteiger partial charge in [-0.25, -0.2) is 15.0 Å². The van der Waals surface area contributed by atoms with Crippen molar-refractivity contribution in [2.75, 3.05) is 0 Å². The topological polar surface area (TPSA) is 51.8 Å². The van der Waals surface area contributed by atoms with Gasteiger partial charge in [-0.1, -0.05) is 122 Å². The Balaban J connectivity index is 1.27. The molecule has 0 saturated carbocycles. The van der Waals surface area contributed by atoms with E-state index >= 15 is 0 Å². The van der Waals surface area contributed by atoms with Crippen molar-refractivity contribution in [2.45, 2.75) is 0 Å². The first kappa shape index (κ1) is 42.4. The van der Waals surface area contributed by atoms with Crippen LogP contribution in [0.15, 0.2) is 83.3 Å². The summed E-state index contributed by atoms with van der Waals surface area (Å²) in [6.07, 6.45) is 0. The molecule has 262 valence electrons. The molecule has 0 bridgehead atoms. The molecule has 0 N–H and O–H groups in total. The summed E-state index contributed by atoms with van der Waals surface area (Å²) in [5.41, 5.74) is 6.31. The lowest BCUT2D eigenvalue weighted by Gasteiger charge is -2.19. The molecule has 0 atom stereocenters. The Labute approximate surface area is 392 Å². The average Bonchev–Trinajstić information content (AvgIpc) is 3.92. The van der Waals surface area contributed by atoms with Crippen molar-refractivity contribution in [2.24, 2.45) is 0 Å². The molecule has 0 amide bonds. The molecule has 0 saturated heterocycles. The van der Waals surface area contributed by atoms with E-state index in [1.165, 1.54) is 11.3 Å². The molecular formula is C45H13B14N3OS. The van der Waals surface area contributed by atoms with Crippen LogP contribution in [0, 0.1) is 0 Å². The summed E-state index contributed by atoms with van der Waals surface area (Å²) in [6.45, 7) is 0. The quantitative estimate of drug-likeness (QED) is 0.166. The van der Waals surface area contributed by atoms with Crippen LogP contribution in [0.5, 0.6) is 0 Å². The summed E-state index contributed by atoms with van der Waals surface area (Å²) < 4.78 is 7.15. The van der Waals surface area contributed by atoms with Crippen LogP contribution in [-0.4, -0.2) is 125 Å². The largest absolute Gasteiger partial charge is 0.457 e. The highest BCUT2D eigenvalue weighted by atomic mass is 32.1. The molecule has 4 nitrogen and oxygen atoms in total. The molecule has 0 aliphatic heterocycles. The first-order chi connectivity index (χ1) is 30.6. The monoisotopic (exact) mass is 797 g/mol. The van der Waals surface area contributed by atoms with Gasteiger partial charge < -0.3 is 4.42 Å². The normalized spacial score (nSPS) is 11.7. The second-order valence-electron chi connectivity index (χ2n) is 15.4. The molecule has 0 unspecified atom stereocenters. The standard InChI is InChI=1S/C45H13B14N3OS/c46-25-19-20-26(47)32(53)34(55)37(58)40(20)63-39(19)36(57)29(50)23(25)44-60-43(18-8-4-7-17(13-18)16-11-9-15(10-12-16)14-5-2-1-3-6-14)61-45(62-44)24-30(51)31(52)27(48)21-22-28(49)33(54)35(56)38(59)42(22)64-41(21)24/h1-13H. The Hall–Kier alpha value is -5.52. The molecule has 10 rings (SSSR count). The lowest BCUT2D eigenvalue weighted by atomic mass is 9.64. The predicted octanol–water partition coefficient (Wildman–Crippen LogP) is -4.41. The van der Waals surface area contributed by atoms with Crippen molar-refractivity contribution in [3.05, 3.63) is 78.9 Å². The van der Waals surface area contributed by atoms with Crippen LogP contribution >= 0.6 is 11.3 Å². The Morgan fingerprint density at radius 3 is 1.38 bits per heavy atom. The van der Waals surface area contributed by atoms with E-state index in [9.17, 15) is 0 Å². The summed E-state index contributed by atoms with van der Waals surface area (Å²) in [6, 6.07) is 26.0. The van der Waals surface area contributed by atoms with Crippen LogP contribution in [-0.2, 0) is 0 Å². The van der Waals surface area contributed by atoms with Crippen molar-refractivity contribution < 1.29 is 4.42 Å². The van der Waals surface area contributed by atoms with Gasteiger partial charge in [0.2, 0.25) is 0 Å². The third-order valence-electron chi connectivity index (χ3n) is 11.8. The Kier molecular flexibility index (Phi) is 10.3. The average molecular weight is 795 g/mol. The maximum Gasteiger partial charge on any atom is 0.164 e. The lowest BCUT2D eigenvalue weighted by Crippen LogP contribution is -2.47. The van der Waals surface area contributed by atoms with E-state index in [-0.39, 0.29) is 127 Å². The number of rotatable bonds is 5. The van der Waals surface area contributed by atoms with Gasteiger partial charge in [0.05, 0.1) is 0 Å². The molecule has 3 heterocycles. The molecule has 64 heavy (non-hydrogen) atoms. The summed E-state index contributed by atoms with van der Waals surface area (Å²) in [5.74, 6) is 0.267. The van der Waals surface area contributed by atoms with Crippen molar-refractivity contribution in [1.82, 2.24) is 15.0 Å². The molecule has 0 spiro atoms. The molecule has 3 aromatic heterocycles. The zero-order chi connectivity index (χ0) is 45.2. The second-order valence-corrected chi connectivity index (χ2v) is 16.4. The Morgan fingerprint density at radius 2 is 0.734 bits per heavy atom. The minimum Gasteiger partial charge on any atom is -0.457 e. The molecule has 28 radical (unpaired) electrons. The number of thiophene rings is 1. The molecule has 0 aliphatic rings. The molecule has 0 aliphatic carbocycles. The molecule has 10 aromatic rings. The highest BCUT2D eigenvalue weighted by Crippen LogP contribution is 2.37. The van der Waals surface area contributed by atoms with E-state index in [2.05, 4.69) is 24.3 Å². The highest BCUT2D eigenvalue weighted by molar-refractivity contribution is 7.28. The molecule has 7 aromatic carbocycles. The first-order valence-electron chi connectivity index (χ1n) is 19.5. The Morgan fingerprint density at radius 1 is 0.312 bits per heavy atom. The minimum absolute atomic E-state index is 0.0000646. The molecule has 0 fully saturated rings. The van der Waals surface area contributed by atoms with Crippen molar-refractivity contribution >= 4 is 240 Å². The number of hydrogen-bond acceptors (Lipinski definition) is 5. The summed E-state index contributed by atoms with van der Waals surface area (Å²) in [5, 5.41) is 1.43. The van der Waals surface area contributed by atoms with E-state index < -0.39 is 0 Å². The summed E-state index contributed by atoms with van der Waals surface area (Å²) in [4.78, 5) is 15.1. The lowest BCUT2D eigenvalue weighted by molar-refractivity contribution is 0.675. The third kappa shape index (κ3) is 6.27.